The molecule has 2 aromatic carbocycles. The van der Waals surface area contributed by atoms with Gasteiger partial charge in [-0.25, -0.2) is 15.0 Å². The summed E-state index contributed by atoms with van der Waals surface area (Å²) >= 11 is 26.6. The van der Waals surface area contributed by atoms with Gasteiger partial charge in [0.25, 0.3) is 0 Å². The summed E-state index contributed by atoms with van der Waals surface area (Å²) in [4.78, 5) is 14.3. The van der Waals surface area contributed by atoms with Crippen molar-refractivity contribution in [2.45, 2.75) is 55.4 Å². The van der Waals surface area contributed by atoms with E-state index in [2.05, 4.69) is 0 Å². The maximum absolute atomic E-state index is 6.59. The Morgan fingerprint density at radius 1 is 0.595 bits per heavy atom. The predicted octanol–water partition coefficient (Wildman–Crippen LogP) is 11.2. The van der Waals surface area contributed by atoms with Crippen molar-refractivity contribution in [3.8, 4) is 0 Å². The van der Waals surface area contributed by atoms with E-state index < -0.39 is 0 Å². The standard InChI is InChI=1S/C27H27Cl4N3.2ClH.Fe/c1-12-14(3)22(28)26(23(29)15(12)4)32-18(7)20-10-9-11-21(34-20)19(8)33-27-24(30)16(5)13(2)17(6)25(27)31;;;/h9-11H,1-8H3;2*1H;/q;;;+2/p-2. The van der Waals surface area contributed by atoms with Crippen LogP contribution in [-0.4, -0.2) is 16.4 Å². The molecule has 37 heavy (non-hydrogen) atoms. The molecule has 0 spiro atoms. The van der Waals surface area contributed by atoms with Gasteiger partial charge in [-0.2, -0.15) is 0 Å². The van der Waals surface area contributed by atoms with Crippen LogP contribution in [0.3, 0.4) is 0 Å². The third-order valence-electron chi connectivity index (χ3n) is 6.45. The van der Waals surface area contributed by atoms with E-state index in [4.69, 9.17) is 81.6 Å². The Bertz CT molecular complexity index is 1240. The zero-order valence-corrected chi connectivity index (χ0v) is 27.3. The fourth-order valence-electron chi connectivity index (χ4n) is 3.61. The first-order chi connectivity index (χ1) is 17.3. The van der Waals surface area contributed by atoms with Crippen molar-refractivity contribution in [2.75, 3.05) is 0 Å². The Hall–Kier alpha value is -0.811. The number of benzene rings is 2. The van der Waals surface area contributed by atoms with Crippen LogP contribution >= 0.6 is 66.6 Å². The third kappa shape index (κ3) is 7.24. The van der Waals surface area contributed by atoms with Crippen LogP contribution in [0.25, 0.3) is 0 Å². The van der Waals surface area contributed by atoms with Crippen molar-refractivity contribution in [3.05, 3.63) is 83.1 Å². The Balaban J connectivity index is 0.00000153. The van der Waals surface area contributed by atoms with Gasteiger partial charge in [-0.3, -0.25) is 0 Å². The number of rotatable bonds is 4. The SMILES string of the molecule is CC(=Nc1c(Cl)c(C)c(C)c(C)c1Cl)c1cccc(C(C)=Nc2c(Cl)c(C)c(C)c(C)c2Cl)n1.[Cl][Fe][Cl]. The van der Waals surface area contributed by atoms with Gasteiger partial charge >= 0.3 is 33.3 Å². The number of hydrogen-bond acceptors (Lipinski definition) is 3. The quantitative estimate of drug-likeness (QED) is 0.202. The van der Waals surface area contributed by atoms with Crippen molar-refractivity contribution < 1.29 is 13.1 Å². The Morgan fingerprint density at radius 2 is 0.865 bits per heavy atom. The molecule has 0 unspecified atom stereocenters. The minimum absolute atomic E-state index is 0.194. The maximum atomic E-state index is 6.59. The van der Waals surface area contributed by atoms with E-state index in [1.54, 1.807) is 0 Å². The first-order valence-corrected chi connectivity index (χ1v) is 15.7. The summed E-state index contributed by atoms with van der Waals surface area (Å²) < 4.78 is 0. The van der Waals surface area contributed by atoms with E-state index in [9.17, 15) is 0 Å². The molecule has 0 bridgehead atoms. The predicted molar refractivity (Wildman–Crippen MR) is 161 cm³/mol. The van der Waals surface area contributed by atoms with Gasteiger partial charge in [0.2, 0.25) is 0 Å². The van der Waals surface area contributed by atoms with E-state index in [1.807, 2.05) is 73.6 Å². The summed E-state index contributed by atoms with van der Waals surface area (Å²) in [5, 5.41) is 2.21. The first kappa shape index (κ1) is 32.4. The molecule has 1 heterocycles. The molecule has 10 heteroatoms. The van der Waals surface area contributed by atoms with Gasteiger partial charge in [0.05, 0.1) is 42.9 Å². The van der Waals surface area contributed by atoms with E-state index >= 15 is 0 Å². The Kier molecular flexibility index (Phi) is 12.3. The molecule has 200 valence electrons. The van der Waals surface area contributed by atoms with Crippen molar-refractivity contribution in [2.24, 2.45) is 9.98 Å². The first-order valence-electron chi connectivity index (χ1n) is 11.1. The molecule has 0 aliphatic carbocycles. The van der Waals surface area contributed by atoms with Crippen LogP contribution in [0.5, 0.6) is 0 Å². The molecular formula is C27H27Cl6FeN3. The normalized spacial score (nSPS) is 12.1. The second-order valence-electron chi connectivity index (χ2n) is 8.56. The Morgan fingerprint density at radius 3 is 1.14 bits per heavy atom. The minimum atomic E-state index is 0.194. The fourth-order valence-corrected chi connectivity index (χ4v) is 4.82. The van der Waals surface area contributed by atoms with Crippen LogP contribution < -0.4 is 0 Å². The monoisotopic (exact) mass is 659 g/mol. The molecule has 3 nitrogen and oxygen atoms in total. The number of pyridine rings is 1. The van der Waals surface area contributed by atoms with Crippen LogP contribution in [0, 0.1) is 41.5 Å². The van der Waals surface area contributed by atoms with Crippen LogP contribution in [-0.2, 0) is 13.1 Å². The average Bonchev–Trinajstić information content (AvgIpc) is 2.89. The number of halogens is 6. The number of aliphatic imine (C=N–C) groups is 2. The summed E-state index contributed by atoms with van der Waals surface area (Å²) in [6.07, 6.45) is 0. The molecule has 1 aromatic heterocycles. The van der Waals surface area contributed by atoms with Crippen molar-refractivity contribution in [3.63, 3.8) is 0 Å². The second kappa shape index (κ2) is 14.0. The molecular weight excluding hydrogens is 635 g/mol. The zero-order valence-electron chi connectivity index (χ0n) is 21.7. The van der Waals surface area contributed by atoms with Gasteiger partial charge in [-0.15, -0.1) is 0 Å². The summed E-state index contributed by atoms with van der Waals surface area (Å²) in [5.41, 5.74) is 9.91. The summed E-state index contributed by atoms with van der Waals surface area (Å²) in [5.74, 6) is 0. The van der Waals surface area contributed by atoms with E-state index in [1.165, 1.54) is 0 Å². The number of nitrogens with zero attached hydrogens (tertiary/aromatic N) is 3. The summed E-state index contributed by atoms with van der Waals surface area (Å²) in [6, 6.07) is 5.70. The molecule has 0 fully saturated rings. The second-order valence-corrected chi connectivity index (χ2v) is 11.9. The van der Waals surface area contributed by atoms with Gasteiger partial charge in [0.1, 0.15) is 11.4 Å². The number of aromatic nitrogens is 1. The molecule has 3 rings (SSSR count). The average molecular weight is 662 g/mol. The molecule has 0 amide bonds. The van der Waals surface area contributed by atoms with Crippen molar-refractivity contribution in [1.29, 1.82) is 0 Å². The van der Waals surface area contributed by atoms with Crippen molar-refractivity contribution >= 4 is 89.4 Å². The van der Waals surface area contributed by atoms with Crippen molar-refractivity contribution in [1.82, 2.24) is 4.98 Å². The van der Waals surface area contributed by atoms with Crippen LogP contribution in [0.15, 0.2) is 28.2 Å². The van der Waals surface area contributed by atoms with Crippen LogP contribution in [0.1, 0.15) is 58.6 Å². The Labute approximate surface area is 254 Å². The summed E-state index contributed by atoms with van der Waals surface area (Å²) in [6.45, 7) is 15.7. The molecule has 3 aromatic rings. The van der Waals surface area contributed by atoms with Gasteiger partial charge in [0, 0.05) is 0 Å². The molecule has 0 N–H and O–H groups in total. The zero-order chi connectivity index (χ0) is 28.2. The van der Waals surface area contributed by atoms with E-state index in [0.717, 1.165) is 33.4 Å². The summed E-state index contributed by atoms with van der Waals surface area (Å²) in [7, 11) is 9.53. The topological polar surface area (TPSA) is 37.6 Å². The van der Waals surface area contributed by atoms with E-state index in [0.29, 0.717) is 54.3 Å². The van der Waals surface area contributed by atoms with Gasteiger partial charge < -0.3 is 0 Å². The van der Waals surface area contributed by atoms with Gasteiger partial charge in [0.15, 0.2) is 0 Å². The molecule has 0 atom stereocenters. The van der Waals surface area contributed by atoms with Crippen LogP contribution in [0.4, 0.5) is 11.4 Å². The molecule has 0 saturated heterocycles. The fraction of sp³-hybridized carbons (Fsp3) is 0.296. The van der Waals surface area contributed by atoms with Gasteiger partial charge in [-0.05, 0) is 101 Å². The molecule has 0 radical (unpaired) electrons. The van der Waals surface area contributed by atoms with Crippen LogP contribution in [0.2, 0.25) is 20.1 Å². The third-order valence-corrected chi connectivity index (χ3v) is 8.30. The molecule has 0 aliphatic rings. The van der Waals surface area contributed by atoms with Gasteiger partial charge in [-0.1, -0.05) is 52.5 Å². The number of hydrogen-bond donors (Lipinski definition) is 0. The molecule has 0 saturated carbocycles. The molecule has 0 aliphatic heterocycles. The van der Waals surface area contributed by atoms with E-state index in [-0.39, 0.29) is 13.1 Å².